The molecule has 1 aliphatic rings. The number of aliphatic hydroxyl groups excluding tert-OH is 2. The third-order valence-electron chi connectivity index (χ3n) is 5.44. The van der Waals surface area contributed by atoms with Gasteiger partial charge in [0.25, 0.3) is 0 Å². The average molecular weight is 380 g/mol. The summed E-state index contributed by atoms with van der Waals surface area (Å²) in [6, 6.07) is 14.9. The predicted octanol–water partition coefficient (Wildman–Crippen LogP) is 2.39. The molecular formula is C22H28N4O2. The largest absolute Gasteiger partial charge is 0.395 e. The lowest BCUT2D eigenvalue weighted by atomic mass is 10.0. The molecule has 148 valence electrons. The zero-order chi connectivity index (χ0) is 19.5. The molecule has 3 aromatic rings. The number of aliphatic hydroxyl groups is 2. The third kappa shape index (κ3) is 4.25. The number of hydrogen-bond acceptors (Lipinski definition) is 5. The van der Waals surface area contributed by atoms with Crippen molar-refractivity contribution in [3.63, 3.8) is 0 Å². The van der Waals surface area contributed by atoms with Crippen molar-refractivity contribution in [1.29, 1.82) is 0 Å². The molecule has 1 aromatic heterocycles. The third-order valence-corrected chi connectivity index (χ3v) is 5.44. The van der Waals surface area contributed by atoms with E-state index in [1.165, 1.54) is 11.1 Å². The topological polar surface area (TPSA) is 75.6 Å². The standard InChI is InChI=1S/C22H28N4O2/c1-16(28)22-23-20-6-5-19(14-21(20)24-22)18-4-2-3-17(13-18)15-26-9-7-25(8-10-26)11-12-27/h2-6,13-14,16,27-28H,7-12,15H2,1H3,(H,23,24). The second kappa shape index (κ2) is 8.41. The van der Waals surface area contributed by atoms with Crippen LogP contribution in [0.3, 0.4) is 0 Å². The number of piperazine rings is 1. The van der Waals surface area contributed by atoms with Crippen LogP contribution in [-0.4, -0.2) is 69.3 Å². The van der Waals surface area contributed by atoms with Crippen LogP contribution in [0.15, 0.2) is 42.5 Å². The van der Waals surface area contributed by atoms with Gasteiger partial charge in [-0.05, 0) is 41.8 Å². The number of nitrogens with one attached hydrogen (secondary N) is 1. The Labute approximate surface area is 165 Å². The second-order valence-electron chi connectivity index (χ2n) is 7.57. The van der Waals surface area contributed by atoms with Gasteiger partial charge in [-0.3, -0.25) is 9.80 Å². The van der Waals surface area contributed by atoms with Gasteiger partial charge >= 0.3 is 0 Å². The number of β-amino-alcohol motifs (C(OH)–C–C–N with tert-alkyl or cyclic N) is 1. The lowest BCUT2D eigenvalue weighted by Crippen LogP contribution is -2.46. The summed E-state index contributed by atoms with van der Waals surface area (Å²) < 4.78 is 0. The number of rotatable bonds is 6. The summed E-state index contributed by atoms with van der Waals surface area (Å²) >= 11 is 0. The molecule has 6 nitrogen and oxygen atoms in total. The van der Waals surface area contributed by atoms with E-state index in [1.807, 2.05) is 6.07 Å². The minimum atomic E-state index is -0.600. The summed E-state index contributed by atoms with van der Waals surface area (Å²) in [5, 5.41) is 18.8. The summed E-state index contributed by atoms with van der Waals surface area (Å²) in [7, 11) is 0. The summed E-state index contributed by atoms with van der Waals surface area (Å²) in [6.45, 7) is 7.77. The molecule has 0 saturated carbocycles. The van der Waals surface area contributed by atoms with Gasteiger partial charge in [0.2, 0.25) is 0 Å². The van der Waals surface area contributed by atoms with Crippen molar-refractivity contribution in [2.24, 2.45) is 0 Å². The Bertz CT molecular complexity index is 929. The number of nitrogens with zero attached hydrogens (tertiary/aromatic N) is 3. The monoisotopic (exact) mass is 380 g/mol. The molecular weight excluding hydrogens is 352 g/mol. The maximum Gasteiger partial charge on any atom is 0.135 e. The quantitative estimate of drug-likeness (QED) is 0.612. The lowest BCUT2D eigenvalue weighted by molar-refractivity contribution is 0.108. The van der Waals surface area contributed by atoms with E-state index >= 15 is 0 Å². The molecule has 1 unspecified atom stereocenters. The highest BCUT2D eigenvalue weighted by Crippen LogP contribution is 2.25. The lowest BCUT2D eigenvalue weighted by Gasteiger charge is -2.34. The van der Waals surface area contributed by atoms with E-state index < -0.39 is 6.10 Å². The smallest absolute Gasteiger partial charge is 0.135 e. The van der Waals surface area contributed by atoms with Gasteiger partial charge in [0, 0.05) is 39.3 Å². The number of aromatic amines is 1. The first-order valence-corrected chi connectivity index (χ1v) is 9.95. The highest BCUT2D eigenvalue weighted by Gasteiger charge is 2.16. The molecule has 2 heterocycles. The van der Waals surface area contributed by atoms with Crippen LogP contribution in [0.25, 0.3) is 22.2 Å². The first-order valence-electron chi connectivity index (χ1n) is 9.95. The van der Waals surface area contributed by atoms with Gasteiger partial charge in [-0.1, -0.05) is 24.3 Å². The van der Waals surface area contributed by atoms with E-state index in [4.69, 9.17) is 5.11 Å². The van der Waals surface area contributed by atoms with E-state index in [9.17, 15) is 5.11 Å². The fourth-order valence-corrected chi connectivity index (χ4v) is 3.83. The number of imidazole rings is 1. The van der Waals surface area contributed by atoms with E-state index in [0.717, 1.165) is 55.9 Å². The molecule has 1 fully saturated rings. The highest BCUT2D eigenvalue weighted by atomic mass is 16.3. The summed E-state index contributed by atoms with van der Waals surface area (Å²) in [4.78, 5) is 12.4. The summed E-state index contributed by atoms with van der Waals surface area (Å²) in [6.07, 6.45) is -0.600. The Morgan fingerprint density at radius 2 is 1.79 bits per heavy atom. The predicted molar refractivity (Wildman–Crippen MR) is 111 cm³/mol. The maximum atomic E-state index is 9.74. The van der Waals surface area contributed by atoms with Crippen LogP contribution in [0.5, 0.6) is 0 Å². The molecule has 0 radical (unpaired) electrons. The van der Waals surface area contributed by atoms with Gasteiger partial charge in [0.1, 0.15) is 11.9 Å². The zero-order valence-corrected chi connectivity index (χ0v) is 16.3. The molecule has 4 rings (SSSR count). The van der Waals surface area contributed by atoms with E-state index in [2.05, 4.69) is 56.2 Å². The highest BCUT2D eigenvalue weighted by molar-refractivity contribution is 5.82. The Kier molecular flexibility index (Phi) is 5.73. The SMILES string of the molecule is CC(O)c1nc2ccc(-c3cccc(CN4CCN(CCO)CC4)c3)cc2[nH]1. The first-order chi connectivity index (χ1) is 13.6. The van der Waals surface area contributed by atoms with Crippen LogP contribution >= 0.6 is 0 Å². The molecule has 0 amide bonds. The molecule has 1 atom stereocenters. The van der Waals surface area contributed by atoms with Crippen molar-refractivity contribution in [2.45, 2.75) is 19.6 Å². The normalized spacial score (nSPS) is 17.2. The van der Waals surface area contributed by atoms with Crippen molar-refractivity contribution in [3.05, 3.63) is 53.9 Å². The Morgan fingerprint density at radius 3 is 2.54 bits per heavy atom. The molecule has 0 spiro atoms. The van der Waals surface area contributed by atoms with Gasteiger partial charge in [-0.2, -0.15) is 0 Å². The van der Waals surface area contributed by atoms with E-state index in [1.54, 1.807) is 6.92 Å². The summed E-state index contributed by atoms with van der Waals surface area (Å²) in [5.41, 5.74) is 5.45. The number of fused-ring (bicyclic) bond motifs is 1. The van der Waals surface area contributed by atoms with Crippen LogP contribution in [0.4, 0.5) is 0 Å². The van der Waals surface area contributed by atoms with Crippen LogP contribution in [0.1, 0.15) is 24.4 Å². The summed E-state index contributed by atoms with van der Waals surface area (Å²) in [5.74, 6) is 0.598. The van der Waals surface area contributed by atoms with E-state index in [-0.39, 0.29) is 6.61 Å². The van der Waals surface area contributed by atoms with Gasteiger partial charge in [0.15, 0.2) is 0 Å². The van der Waals surface area contributed by atoms with Crippen LogP contribution in [0.2, 0.25) is 0 Å². The molecule has 6 heteroatoms. The molecule has 1 saturated heterocycles. The van der Waals surface area contributed by atoms with E-state index in [0.29, 0.717) is 5.82 Å². The van der Waals surface area contributed by atoms with Crippen LogP contribution in [0, 0.1) is 0 Å². The van der Waals surface area contributed by atoms with Gasteiger partial charge in [-0.25, -0.2) is 4.98 Å². The molecule has 0 bridgehead atoms. The molecule has 3 N–H and O–H groups in total. The van der Waals surface area contributed by atoms with Crippen molar-refractivity contribution in [1.82, 2.24) is 19.8 Å². The molecule has 2 aromatic carbocycles. The number of benzene rings is 2. The Hall–Kier alpha value is -2.25. The molecule has 28 heavy (non-hydrogen) atoms. The van der Waals surface area contributed by atoms with Crippen molar-refractivity contribution >= 4 is 11.0 Å². The van der Waals surface area contributed by atoms with Gasteiger partial charge in [0.05, 0.1) is 17.6 Å². The fraction of sp³-hybridized carbons (Fsp3) is 0.409. The Morgan fingerprint density at radius 1 is 1.04 bits per heavy atom. The second-order valence-corrected chi connectivity index (χ2v) is 7.57. The number of H-pyrrole nitrogens is 1. The van der Waals surface area contributed by atoms with Gasteiger partial charge < -0.3 is 15.2 Å². The number of hydrogen-bond donors (Lipinski definition) is 3. The van der Waals surface area contributed by atoms with Crippen LogP contribution < -0.4 is 0 Å². The molecule has 1 aliphatic heterocycles. The minimum absolute atomic E-state index is 0.238. The average Bonchev–Trinajstić information content (AvgIpc) is 3.14. The molecule has 0 aliphatic carbocycles. The maximum absolute atomic E-state index is 9.74. The minimum Gasteiger partial charge on any atom is -0.395 e. The Balaban J connectivity index is 1.48. The van der Waals surface area contributed by atoms with Crippen molar-refractivity contribution < 1.29 is 10.2 Å². The van der Waals surface area contributed by atoms with Gasteiger partial charge in [-0.15, -0.1) is 0 Å². The zero-order valence-electron chi connectivity index (χ0n) is 16.3. The first kappa shape index (κ1) is 19.1. The van der Waals surface area contributed by atoms with Crippen molar-refractivity contribution in [3.8, 4) is 11.1 Å². The number of aromatic nitrogens is 2. The fourth-order valence-electron chi connectivity index (χ4n) is 3.83. The van der Waals surface area contributed by atoms with Crippen molar-refractivity contribution in [2.75, 3.05) is 39.3 Å². The van der Waals surface area contributed by atoms with Crippen LogP contribution in [-0.2, 0) is 6.54 Å².